The lowest BCUT2D eigenvalue weighted by Crippen LogP contribution is -2.42. The summed E-state index contributed by atoms with van der Waals surface area (Å²) in [7, 11) is 0. The fourth-order valence-corrected chi connectivity index (χ4v) is 3.43. The molecule has 5 nitrogen and oxygen atoms in total. The number of para-hydroxylation sites is 1. The third kappa shape index (κ3) is 4.23. The van der Waals surface area contributed by atoms with E-state index in [-0.39, 0.29) is 12.0 Å². The number of ether oxygens (including phenoxy) is 2. The van der Waals surface area contributed by atoms with Gasteiger partial charge in [-0.05, 0) is 24.5 Å². The second kappa shape index (κ2) is 8.11. The molecule has 2 heterocycles. The van der Waals surface area contributed by atoms with Crippen molar-refractivity contribution in [1.29, 1.82) is 0 Å². The van der Waals surface area contributed by atoms with Gasteiger partial charge in [-0.2, -0.15) is 0 Å². The summed E-state index contributed by atoms with van der Waals surface area (Å²) in [6, 6.07) is 8.57. The van der Waals surface area contributed by atoms with Crippen molar-refractivity contribution in [3.63, 3.8) is 0 Å². The van der Waals surface area contributed by atoms with Crippen LogP contribution in [0.4, 0.5) is 5.69 Å². The van der Waals surface area contributed by atoms with Crippen molar-refractivity contribution in [2.45, 2.75) is 19.4 Å². The molecule has 2 aliphatic heterocycles. The van der Waals surface area contributed by atoms with Gasteiger partial charge in [0.05, 0.1) is 19.8 Å². The van der Waals surface area contributed by atoms with Gasteiger partial charge in [0, 0.05) is 50.5 Å². The van der Waals surface area contributed by atoms with Gasteiger partial charge in [0.1, 0.15) is 0 Å². The molecular formula is C18H28N2O3. The molecular weight excluding hydrogens is 292 g/mol. The number of rotatable bonds is 6. The molecule has 2 fully saturated rings. The number of aliphatic hydroxyl groups is 1. The van der Waals surface area contributed by atoms with Crippen LogP contribution in [0.5, 0.6) is 0 Å². The maximum absolute atomic E-state index is 9.78. The number of hydrogen-bond donors (Lipinski definition) is 2. The molecule has 0 radical (unpaired) electrons. The largest absolute Gasteiger partial charge is 0.396 e. The van der Waals surface area contributed by atoms with E-state index in [1.807, 2.05) is 0 Å². The van der Waals surface area contributed by atoms with Gasteiger partial charge in [-0.15, -0.1) is 0 Å². The molecule has 0 spiro atoms. The molecule has 128 valence electrons. The fraction of sp³-hybridized carbons (Fsp3) is 0.667. The number of benzene rings is 1. The zero-order chi connectivity index (χ0) is 16.0. The summed E-state index contributed by atoms with van der Waals surface area (Å²) in [6.45, 7) is 6.92. The molecule has 0 bridgehead atoms. The Morgan fingerprint density at radius 3 is 2.48 bits per heavy atom. The van der Waals surface area contributed by atoms with Crippen LogP contribution in [-0.2, 0) is 16.0 Å². The molecule has 0 unspecified atom stereocenters. The topological polar surface area (TPSA) is 54.0 Å². The van der Waals surface area contributed by atoms with Crippen LogP contribution in [0.1, 0.15) is 18.4 Å². The van der Waals surface area contributed by atoms with E-state index in [2.05, 4.69) is 34.5 Å². The maximum atomic E-state index is 9.78. The average Bonchev–Trinajstić information content (AvgIpc) is 2.64. The van der Waals surface area contributed by atoms with E-state index >= 15 is 0 Å². The Bertz CT molecular complexity index is 483. The molecule has 5 heteroatoms. The van der Waals surface area contributed by atoms with E-state index in [0.717, 1.165) is 65.4 Å². The Morgan fingerprint density at radius 2 is 1.74 bits per heavy atom. The second-order valence-electron chi connectivity index (χ2n) is 6.60. The monoisotopic (exact) mass is 320 g/mol. The van der Waals surface area contributed by atoms with Crippen LogP contribution in [0, 0.1) is 5.41 Å². The Morgan fingerprint density at radius 1 is 1.04 bits per heavy atom. The number of hydrogen-bond acceptors (Lipinski definition) is 5. The van der Waals surface area contributed by atoms with Crippen molar-refractivity contribution in [3.8, 4) is 0 Å². The van der Waals surface area contributed by atoms with Crippen LogP contribution in [0.3, 0.4) is 0 Å². The standard InChI is InChI=1S/C18H28N2O3/c21-15-18(5-9-22-10-6-18)14-19-13-16-3-1-2-4-17(16)20-7-11-23-12-8-20/h1-4,19,21H,5-15H2. The van der Waals surface area contributed by atoms with Gasteiger partial charge < -0.3 is 24.8 Å². The molecule has 3 rings (SSSR count). The number of aliphatic hydroxyl groups excluding tert-OH is 1. The highest BCUT2D eigenvalue weighted by Crippen LogP contribution is 2.29. The summed E-state index contributed by atoms with van der Waals surface area (Å²) >= 11 is 0. The van der Waals surface area contributed by atoms with Crippen LogP contribution in [0.25, 0.3) is 0 Å². The molecule has 1 aromatic rings. The lowest BCUT2D eigenvalue weighted by Gasteiger charge is -2.36. The number of nitrogens with zero attached hydrogens (tertiary/aromatic N) is 1. The Kier molecular flexibility index (Phi) is 5.89. The van der Waals surface area contributed by atoms with E-state index in [4.69, 9.17) is 9.47 Å². The molecule has 0 amide bonds. The lowest BCUT2D eigenvalue weighted by atomic mass is 9.81. The van der Waals surface area contributed by atoms with Crippen LogP contribution >= 0.6 is 0 Å². The van der Waals surface area contributed by atoms with Crippen molar-refractivity contribution in [1.82, 2.24) is 5.32 Å². The molecule has 0 saturated carbocycles. The Labute approximate surface area is 138 Å². The van der Waals surface area contributed by atoms with Crippen LogP contribution in [-0.4, -0.2) is 57.8 Å². The molecule has 2 saturated heterocycles. The fourth-order valence-electron chi connectivity index (χ4n) is 3.43. The van der Waals surface area contributed by atoms with Crippen molar-refractivity contribution in [2.24, 2.45) is 5.41 Å². The van der Waals surface area contributed by atoms with Gasteiger partial charge in [0.2, 0.25) is 0 Å². The second-order valence-corrected chi connectivity index (χ2v) is 6.60. The van der Waals surface area contributed by atoms with Gasteiger partial charge in [-0.3, -0.25) is 0 Å². The number of morpholine rings is 1. The minimum absolute atomic E-state index is 0.0217. The summed E-state index contributed by atoms with van der Waals surface area (Å²) in [5.74, 6) is 0. The maximum Gasteiger partial charge on any atom is 0.0642 e. The first-order chi connectivity index (χ1) is 11.3. The van der Waals surface area contributed by atoms with E-state index in [1.165, 1.54) is 11.3 Å². The van der Waals surface area contributed by atoms with Gasteiger partial charge in [0.15, 0.2) is 0 Å². The zero-order valence-corrected chi connectivity index (χ0v) is 13.8. The third-order valence-corrected chi connectivity index (χ3v) is 5.05. The first kappa shape index (κ1) is 16.7. The van der Waals surface area contributed by atoms with E-state index < -0.39 is 0 Å². The molecule has 23 heavy (non-hydrogen) atoms. The summed E-state index contributed by atoms with van der Waals surface area (Å²) in [5, 5.41) is 13.3. The van der Waals surface area contributed by atoms with Crippen molar-refractivity contribution >= 4 is 5.69 Å². The summed E-state index contributed by atoms with van der Waals surface area (Å²) in [6.07, 6.45) is 1.86. The highest BCUT2D eigenvalue weighted by atomic mass is 16.5. The van der Waals surface area contributed by atoms with Gasteiger partial charge in [-0.1, -0.05) is 18.2 Å². The predicted octanol–water partition coefficient (Wildman–Crippen LogP) is 1.40. The highest BCUT2D eigenvalue weighted by molar-refractivity contribution is 5.53. The first-order valence-electron chi connectivity index (χ1n) is 8.63. The van der Waals surface area contributed by atoms with Crippen LogP contribution in [0.2, 0.25) is 0 Å². The van der Waals surface area contributed by atoms with Crippen LogP contribution in [0.15, 0.2) is 24.3 Å². The van der Waals surface area contributed by atoms with Gasteiger partial charge in [-0.25, -0.2) is 0 Å². The van der Waals surface area contributed by atoms with Crippen molar-refractivity contribution in [3.05, 3.63) is 29.8 Å². The SMILES string of the molecule is OCC1(CNCc2ccccc2N2CCOCC2)CCOCC1. The normalized spacial score (nSPS) is 21.3. The highest BCUT2D eigenvalue weighted by Gasteiger charge is 2.31. The van der Waals surface area contributed by atoms with Crippen molar-refractivity contribution in [2.75, 3.05) is 57.6 Å². The minimum Gasteiger partial charge on any atom is -0.396 e. The molecule has 0 atom stereocenters. The molecule has 2 aliphatic rings. The van der Waals surface area contributed by atoms with Gasteiger partial charge in [0.25, 0.3) is 0 Å². The molecule has 0 aromatic heterocycles. The Balaban J connectivity index is 1.59. The third-order valence-electron chi connectivity index (χ3n) is 5.05. The summed E-state index contributed by atoms with van der Waals surface area (Å²) in [4.78, 5) is 2.40. The number of anilines is 1. The van der Waals surface area contributed by atoms with Crippen molar-refractivity contribution < 1.29 is 14.6 Å². The number of nitrogens with one attached hydrogen (secondary N) is 1. The van der Waals surface area contributed by atoms with Crippen LogP contribution < -0.4 is 10.2 Å². The van der Waals surface area contributed by atoms with E-state index in [0.29, 0.717) is 0 Å². The minimum atomic E-state index is -0.0217. The zero-order valence-electron chi connectivity index (χ0n) is 13.8. The van der Waals surface area contributed by atoms with Gasteiger partial charge >= 0.3 is 0 Å². The molecule has 1 aromatic carbocycles. The molecule has 0 aliphatic carbocycles. The van der Waals surface area contributed by atoms with E-state index in [1.54, 1.807) is 0 Å². The summed E-state index contributed by atoms with van der Waals surface area (Å²) < 4.78 is 10.9. The Hall–Kier alpha value is -1.14. The molecule has 2 N–H and O–H groups in total. The summed E-state index contributed by atoms with van der Waals surface area (Å²) in [5.41, 5.74) is 2.59. The average molecular weight is 320 g/mol. The predicted molar refractivity (Wildman–Crippen MR) is 90.8 cm³/mol. The first-order valence-corrected chi connectivity index (χ1v) is 8.63. The quantitative estimate of drug-likeness (QED) is 0.830. The lowest BCUT2D eigenvalue weighted by molar-refractivity contribution is -0.0154. The van der Waals surface area contributed by atoms with E-state index in [9.17, 15) is 5.11 Å². The smallest absolute Gasteiger partial charge is 0.0642 e.